The Balaban J connectivity index is 0.000000791. The molecule has 0 aliphatic rings. The Bertz CT molecular complexity index is 267. The van der Waals surface area contributed by atoms with Crippen LogP contribution in [0.2, 0.25) is 0 Å². The number of rotatable bonds is 2. The highest BCUT2D eigenvalue weighted by Crippen LogP contribution is 2.10. The van der Waals surface area contributed by atoms with E-state index < -0.39 is 0 Å². The fourth-order valence-corrected chi connectivity index (χ4v) is 0.816. The molecule has 0 fully saturated rings. The predicted molar refractivity (Wildman–Crippen MR) is 61.1 cm³/mol. The van der Waals surface area contributed by atoms with Crippen LogP contribution in [0.3, 0.4) is 0 Å². The summed E-state index contributed by atoms with van der Waals surface area (Å²) in [6.45, 7) is 5.81. The van der Waals surface area contributed by atoms with E-state index in [1.54, 1.807) is 24.3 Å². The van der Waals surface area contributed by atoms with Gasteiger partial charge in [0.05, 0.1) is 0 Å². The summed E-state index contributed by atoms with van der Waals surface area (Å²) in [7, 11) is 0. The van der Waals surface area contributed by atoms with Gasteiger partial charge in [-0.3, -0.25) is 4.79 Å². The third-order valence-corrected chi connectivity index (χ3v) is 1.52. The first-order valence-corrected chi connectivity index (χ1v) is 4.87. The predicted octanol–water partition coefficient (Wildman–Crippen LogP) is 2.64. The molecule has 0 bridgehead atoms. The van der Waals surface area contributed by atoms with Crippen LogP contribution in [-0.4, -0.2) is 5.91 Å². The van der Waals surface area contributed by atoms with Crippen LogP contribution in [0.4, 0.5) is 11.4 Å². The quantitative estimate of drug-likeness (QED) is 0.711. The first kappa shape index (κ1) is 12.5. The molecule has 14 heavy (non-hydrogen) atoms. The molecule has 0 spiro atoms. The molecule has 0 aliphatic heterocycles. The van der Waals surface area contributed by atoms with Crippen molar-refractivity contribution in [3.8, 4) is 0 Å². The number of benzene rings is 1. The smallest absolute Gasteiger partial charge is 0.224 e. The average molecular weight is 194 g/mol. The van der Waals surface area contributed by atoms with Crippen molar-refractivity contribution in [2.75, 3.05) is 11.1 Å². The summed E-state index contributed by atoms with van der Waals surface area (Å²) < 4.78 is 0. The summed E-state index contributed by atoms with van der Waals surface area (Å²) in [5.41, 5.74) is 6.96. The summed E-state index contributed by atoms with van der Waals surface area (Å²) >= 11 is 0. The van der Waals surface area contributed by atoms with Gasteiger partial charge >= 0.3 is 0 Å². The fourth-order valence-electron chi connectivity index (χ4n) is 0.816. The van der Waals surface area contributed by atoms with Gasteiger partial charge in [-0.25, -0.2) is 0 Å². The van der Waals surface area contributed by atoms with E-state index in [0.29, 0.717) is 12.1 Å². The van der Waals surface area contributed by atoms with Gasteiger partial charge in [0, 0.05) is 17.8 Å². The number of nitrogen functional groups attached to an aromatic ring is 1. The van der Waals surface area contributed by atoms with E-state index >= 15 is 0 Å². The number of amides is 1. The van der Waals surface area contributed by atoms with Gasteiger partial charge in [-0.05, 0) is 24.3 Å². The summed E-state index contributed by atoms with van der Waals surface area (Å²) in [4.78, 5) is 10.9. The molecule has 0 unspecified atom stereocenters. The number of anilines is 2. The van der Waals surface area contributed by atoms with Gasteiger partial charge < -0.3 is 11.1 Å². The Morgan fingerprint density at radius 1 is 1.29 bits per heavy atom. The Kier molecular flexibility index (Phi) is 6.20. The molecule has 0 radical (unpaired) electrons. The number of nitrogens with one attached hydrogen (secondary N) is 1. The van der Waals surface area contributed by atoms with E-state index in [2.05, 4.69) is 5.32 Å². The molecule has 3 nitrogen and oxygen atoms in total. The lowest BCUT2D eigenvalue weighted by molar-refractivity contribution is -0.115. The zero-order chi connectivity index (χ0) is 11.0. The molecule has 1 amide bonds. The van der Waals surface area contributed by atoms with Crippen LogP contribution in [0.25, 0.3) is 0 Å². The Morgan fingerprint density at radius 3 is 2.21 bits per heavy atom. The molecular weight excluding hydrogens is 176 g/mol. The molecule has 1 aromatic rings. The van der Waals surface area contributed by atoms with Gasteiger partial charge in [-0.2, -0.15) is 0 Å². The van der Waals surface area contributed by atoms with Crippen molar-refractivity contribution in [3.05, 3.63) is 24.3 Å². The summed E-state index contributed by atoms with van der Waals surface area (Å²) in [5.74, 6) is 0.0137. The minimum absolute atomic E-state index is 0.0137. The van der Waals surface area contributed by atoms with Crippen molar-refractivity contribution < 1.29 is 4.79 Å². The van der Waals surface area contributed by atoms with Crippen LogP contribution in [-0.2, 0) is 4.79 Å². The molecule has 0 heterocycles. The van der Waals surface area contributed by atoms with Crippen LogP contribution < -0.4 is 11.1 Å². The number of nitrogens with two attached hydrogens (primary N) is 1. The third-order valence-electron chi connectivity index (χ3n) is 1.52. The van der Waals surface area contributed by atoms with Gasteiger partial charge in [-0.1, -0.05) is 20.8 Å². The second-order valence-corrected chi connectivity index (χ2v) is 2.52. The molecule has 78 valence electrons. The Hall–Kier alpha value is -1.51. The maximum atomic E-state index is 10.9. The van der Waals surface area contributed by atoms with Gasteiger partial charge in [0.25, 0.3) is 0 Å². The molecule has 0 saturated carbocycles. The average Bonchev–Trinajstić information content (AvgIpc) is 2.24. The topological polar surface area (TPSA) is 55.1 Å². The second-order valence-electron chi connectivity index (χ2n) is 2.52. The van der Waals surface area contributed by atoms with Gasteiger partial charge in [0.15, 0.2) is 0 Å². The van der Waals surface area contributed by atoms with Crippen molar-refractivity contribution in [3.63, 3.8) is 0 Å². The zero-order valence-corrected chi connectivity index (χ0v) is 9.00. The van der Waals surface area contributed by atoms with Crippen molar-refractivity contribution in [1.82, 2.24) is 0 Å². The van der Waals surface area contributed by atoms with Crippen LogP contribution in [0, 0.1) is 0 Å². The lowest BCUT2D eigenvalue weighted by atomic mass is 10.3. The highest BCUT2D eigenvalue weighted by Gasteiger charge is 1.96. The van der Waals surface area contributed by atoms with E-state index in [-0.39, 0.29) is 5.91 Å². The van der Waals surface area contributed by atoms with E-state index in [9.17, 15) is 4.79 Å². The summed E-state index contributed by atoms with van der Waals surface area (Å²) in [6, 6.07) is 7.07. The molecule has 0 aliphatic carbocycles. The van der Waals surface area contributed by atoms with Gasteiger partial charge in [0.1, 0.15) is 0 Å². The van der Waals surface area contributed by atoms with Crippen molar-refractivity contribution in [2.24, 2.45) is 0 Å². The Morgan fingerprint density at radius 2 is 1.79 bits per heavy atom. The van der Waals surface area contributed by atoms with Gasteiger partial charge in [0.2, 0.25) is 5.91 Å². The van der Waals surface area contributed by atoms with Crippen molar-refractivity contribution >= 4 is 17.3 Å². The Labute approximate surface area is 85.3 Å². The summed E-state index contributed by atoms with van der Waals surface area (Å²) in [5, 5.41) is 2.72. The maximum absolute atomic E-state index is 10.9. The number of hydrogen-bond donors (Lipinski definition) is 2. The standard InChI is InChI=1S/C9H12N2O.C2H6/c1-2-9(12)11-8-5-3-7(10)4-6-8;1-2/h3-6H,2,10H2,1H3,(H,11,12);1-2H3. The molecular formula is C11H18N2O. The van der Waals surface area contributed by atoms with Crippen LogP contribution in [0.1, 0.15) is 27.2 Å². The molecule has 1 aromatic carbocycles. The minimum atomic E-state index is 0.0137. The van der Waals surface area contributed by atoms with Crippen LogP contribution in [0.5, 0.6) is 0 Å². The number of hydrogen-bond acceptors (Lipinski definition) is 2. The molecule has 0 atom stereocenters. The highest BCUT2D eigenvalue weighted by atomic mass is 16.1. The van der Waals surface area contributed by atoms with Crippen molar-refractivity contribution in [2.45, 2.75) is 27.2 Å². The van der Waals surface area contributed by atoms with E-state index in [0.717, 1.165) is 5.69 Å². The molecule has 0 saturated heterocycles. The second kappa shape index (κ2) is 6.95. The fraction of sp³-hybridized carbons (Fsp3) is 0.364. The lowest BCUT2D eigenvalue weighted by Gasteiger charge is -2.02. The van der Waals surface area contributed by atoms with E-state index in [1.807, 2.05) is 20.8 Å². The number of carbonyl (C=O) groups is 1. The van der Waals surface area contributed by atoms with Crippen molar-refractivity contribution in [1.29, 1.82) is 0 Å². The normalized spacial score (nSPS) is 8.50. The van der Waals surface area contributed by atoms with Gasteiger partial charge in [-0.15, -0.1) is 0 Å². The third kappa shape index (κ3) is 4.50. The maximum Gasteiger partial charge on any atom is 0.224 e. The minimum Gasteiger partial charge on any atom is -0.399 e. The van der Waals surface area contributed by atoms with Crippen LogP contribution >= 0.6 is 0 Å². The monoisotopic (exact) mass is 194 g/mol. The van der Waals surface area contributed by atoms with Crippen LogP contribution in [0.15, 0.2) is 24.3 Å². The SMILES string of the molecule is CC.CCC(=O)Nc1ccc(N)cc1. The molecule has 3 N–H and O–H groups in total. The lowest BCUT2D eigenvalue weighted by Crippen LogP contribution is -2.09. The zero-order valence-electron chi connectivity index (χ0n) is 9.00. The number of carbonyl (C=O) groups excluding carboxylic acids is 1. The largest absolute Gasteiger partial charge is 0.399 e. The first-order valence-electron chi connectivity index (χ1n) is 4.87. The molecule has 0 aromatic heterocycles. The highest BCUT2D eigenvalue weighted by molar-refractivity contribution is 5.90. The first-order chi connectivity index (χ1) is 6.72. The molecule has 3 heteroatoms. The van der Waals surface area contributed by atoms with E-state index in [1.165, 1.54) is 0 Å². The summed E-state index contributed by atoms with van der Waals surface area (Å²) in [6.07, 6.45) is 0.490. The van der Waals surface area contributed by atoms with E-state index in [4.69, 9.17) is 5.73 Å². The molecule has 1 rings (SSSR count).